The van der Waals surface area contributed by atoms with Crippen LogP contribution in [-0.4, -0.2) is 39.9 Å². The largest absolute Gasteiger partial charge is 0.418 e. The number of ketones is 1. The molecule has 1 saturated heterocycles. The molecule has 0 unspecified atom stereocenters. The van der Waals surface area contributed by atoms with E-state index in [2.05, 4.69) is 25.6 Å². The van der Waals surface area contributed by atoms with E-state index in [1.54, 1.807) is 0 Å². The van der Waals surface area contributed by atoms with E-state index < -0.39 is 28.7 Å². The highest BCUT2D eigenvalue weighted by Crippen LogP contribution is 2.37. The minimum atomic E-state index is -4.74. The molecule has 1 aliphatic rings. The van der Waals surface area contributed by atoms with Crippen molar-refractivity contribution in [2.45, 2.75) is 25.6 Å². The average molecular weight is 503 g/mol. The van der Waals surface area contributed by atoms with Crippen LogP contribution in [0.4, 0.5) is 28.9 Å². The summed E-state index contributed by atoms with van der Waals surface area (Å²) in [5, 5.41) is 5.17. The van der Waals surface area contributed by atoms with Crippen molar-refractivity contribution in [2.75, 3.05) is 18.5 Å². The fourth-order valence-electron chi connectivity index (χ4n) is 3.85. The van der Waals surface area contributed by atoms with Crippen LogP contribution in [-0.2, 0) is 22.3 Å². The van der Waals surface area contributed by atoms with E-state index in [1.807, 2.05) is 0 Å². The molecule has 1 aromatic carbocycles. The summed E-state index contributed by atoms with van der Waals surface area (Å²) >= 11 is 0. The number of amides is 1. The zero-order valence-electron chi connectivity index (χ0n) is 18.8. The van der Waals surface area contributed by atoms with Gasteiger partial charge < -0.3 is 15.4 Å². The van der Waals surface area contributed by atoms with Gasteiger partial charge in [0.05, 0.1) is 53.0 Å². The lowest BCUT2D eigenvalue weighted by Crippen LogP contribution is -2.42. The normalized spacial score (nSPS) is 17.6. The summed E-state index contributed by atoms with van der Waals surface area (Å²) in [6.45, 7) is 0.427. The number of carbonyl (C=O) groups is 2. The molecule has 1 fully saturated rings. The second-order valence-electron chi connectivity index (χ2n) is 8.32. The molecule has 0 bridgehead atoms. The van der Waals surface area contributed by atoms with Crippen molar-refractivity contribution < 1.29 is 31.9 Å². The number of nitrogens with zero attached hydrogens (tertiary/aromatic N) is 3. The number of nitrogens with one attached hydrogen (secondary N) is 2. The first-order valence-corrected chi connectivity index (χ1v) is 10.9. The molecule has 8 nitrogen and oxygen atoms in total. The molecule has 2 aromatic heterocycles. The summed E-state index contributed by atoms with van der Waals surface area (Å²) in [5.74, 6) is -1.71. The number of pyridine rings is 1. The summed E-state index contributed by atoms with van der Waals surface area (Å²) in [6, 6.07) is 5.60. The van der Waals surface area contributed by atoms with Crippen molar-refractivity contribution >= 4 is 23.1 Å². The summed E-state index contributed by atoms with van der Waals surface area (Å²) in [4.78, 5) is 37.5. The fourth-order valence-corrected chi connectivity index (χ4v) is 3.85. The number of hydrogen-bond donors (Lipinski definition) is 2. The van der Waals surface area contributed by atoms with Crippen LogP contribution in [0.2, 0.25) is 0 Å². The zero-order chi connectivity index (χ0) is 25.8. The van der Waals surface area contributed by atoms with Crippen LogP contribution in [0.15, 0.2) is 55.2 Å². The van der Waals surface area contributed by atoms with E-state index in [1.165, 1.54) is 37.1 Å². The van der Waals surface area contributed by atoms with Crippen molar-refractivity contribution in [1.29, 1.82) is 0 Å². The summed E-state index contributed by atoms with van der Waals surface area (Å²) in [6.07, 6.45) is 0.853. The van der Waals surface area contributed by atoms with Crippen LogP contribution < -0.4 is 10.6 Å². The van der Waals surface area contributed by atoms with Crippen LogP contribution in [0.1, 0.15) is 34.5 Å². The molecule has 188 valence electrons. The number of alkyl halides is 3. The monoisotopic (exact) mass is 503 g/mol. The van der Waals surface area contributed by atoms with Crippen LogP contribution in [0.5, 0.6) is 0 Å². The van der Waals surface area contributed by atoms with Crippen molar-refractivity contribution in [3.05, 3.63) is 77.9 Å². The van der Waals surface area contributed by atoms with Gasteiger partial charge >= 0.3 is 6.18 Å². The van der Waals surface area contributed by atoms with Gasteiger partial charge in [0.2, 0.25) is 5.91 Å². The smallest absolute Gasteiger partial charge is 0.380 e. The SMILES string of the molecule is O=C(C[C@@]1(C(=O)NCc2ccc(Nc3c(F)cccc3C(F)(F)F)cn2)CCOC1)c1cncnc1. The minimum absolute atomic E-state index is 0.0109. The second kappa shape index (κ2) is 10.4. The Morgan fingerprint density at radius 1 is 1.08 bits per heavy atom. The van der Waals surface area contributed by atoms with E-state index in [-0.39, 0.29) is 37.0 Å². The van der Waals surface area contributed by atoms with Gasteiger partial charge in [0, 0.05) is 25.4 Å². The quantitative estimate of drug-likeness (QED) is 0.353. The van der Waals surface area contributed by atoms with Gasteiger partial charge in [-0.15, -0.1) is 0 Å². The molecule has 12 heteroatoms. The molecule has 36 heavy (non-hydrogen) atoms. The van der Waals surface area contributed by atoms with Crippen molar-refractivity contribution in [3.8, 4) is 0 Å². The highest BCUT2D eigenvalue weighted by molar-refractivity contribution is 5.99. The number of rotatable bonds is 8. The molecule has 4 rings (SSSR count). The van der Waals surface area contributed by atoms with E-state index in [9.17, 15) is 27.2 Å². The van der Waals surface area contributed by atoms with Crippen LogP contribution in [0, 0.1) is 11.2 Å². The number of anilines is 2. The van der Waals surface area contributed by atoms with E-state index in [0.29, 0.717) is 24.3 Å². The third-order valence-corrected chi connectivity index (χ3v) is 5.81. The number of benzene rings is 1. The Hall–Kier alpha value is -3.93. The molecule has 3 aromatic rings. The van der Waals surface area contributed by atoms with Crippen molar-refractivity contribution in [3.63, 3.8) is 0 Å². The Morgan fingerprint density at radius 3 is 2.50 bits per heavy atom. The maximum absolute atomic E-state index is 14.1. The highest BCUT2D eigenvalue weighted by atomic mass is 19.4. The van der Waals surface area contributed by atoms with Crippen LogP contribution >= 0.6 is 0 Å². The molecule has 1 amide bonds. The maximum Gasteiger partial charge on any atom is 0.418 e. The summed E-state index contributed by atoms with van der Waals surface area (Å²) in [5.41, 5.74) is -2.05. The lowest BCUT2D eigenvalue weighted by Gasteiger charge is -2.25. The van der Waals surface area contributed by atoms with E-state index >= 15 is 0 Å². The third-order valence-electron chi connectivity index (χ3n) is 5.81. The number of hydrogen-bond acceptors (Lipinski definition) is 7. The zero-order valence-corrected chi connectivity index (χ0v) is 18.8. The van der Waals surface area contributed by atoms with Gasteiger partial charge in [0.1, 0.15) is 12.1 Å². The minimum Gasteiger partial charge on any atom is -0.380 e. The highest BCUT2D eigenvalue weighted by Gasteiger charge is 2.44. The number of halogens is 4. The first kappa shape index (κ1) is 25.2. The molecule has 3 heterocycles. The van der Waals surface area contributed by atoms with Crippen molar-refractivity contribution in [1.82, 2.24) is 20.3 Å². The molecule has 0 spiro atoms. The number of aromatic nitrogens is 3. The van der Waals surface area contributed by atoms with Gasteiger partial charge in [0.25, 0.3) is 0 Å². The van der Waals surface area contributed by atoms with Gasteiger partial charge in [-0.3, -0.25) is 14.6 Å². The molecule has 1 aliphatic heterocycles. The predicted molar refractivity (Wildman–Crippen MR) is 120 cm³/mol. The molecule has 1 atom stereocenters. The number of para-hydroxylation sites is 1. The standard InChI is InChI=1S/C24H21F4N5O3/c25-19-3-1-2-18(24(26,27)28)21(19)33-17-5-4-16(31-12-17)11-32-22(35)23(6-7-36-13-23)8-20(34)15-9-29-14-30-10-15/h1-5,9-10,12,14,33H,6-8,11,13H2,(H,32,35)/t23-/m0/s1. The Bertz CT molecular complexity index is 1230. The van der Waals surface area contributed by atoms with Crippen LogP contribution in [0.3, 0.4) is 0 Å². The molecule has 2 N–H and O–H groups in total. The van der Waals surface area contributed by atoms with E-state index in [0.717, 1.165) is 18.2 Å². The third kappa shape index (κ3) is 5.65. The van der Waals surface area contributed by atoms with Crippen molar-refractivity contribution in [2.24, 2.45) is 5.41 Å². The summed E-state index contributed by atoms with van der Waals surface area (Å²) < 4.78 is 59.1. The molecule has 0 aliphatic carbocycles. The van der Waals surface area contributed by atoms with Gasteiger partial charge in [-0.1, -0.05) is 6.07 Å². The maximum atomic E-state index is 14.1. The Morgan fingerprint density at radius 2 is 1.86 bits per heavy atom. The van der Waals surface area contributed by atoms with Gasteiger partial charge in [0.15, 0.2) is 5.78 Å². The lowest BCUT2D eigenvalue weighted by molar-refractivity contribution is -0.137. The molecule has 0 radical (unpaired) electrons. The second-order valence-corrected chi connectivity index (χ2v) is 8.32. The number of carbonyl (C=O) groups excluding carboxylic acids is 2. The molecular formula is C24H21F4N5O3. The van der Waals surface area contributed by atoms with Gasteiger partial charge in [-0.2, -0.15) is 13.2 Å². The number of ether oxygens (including phenoxy) is 1. The Labute approximate surface area is 203 Å². The molecule has 0 saturated carbocycles. The summed E-state index contributed by atoms with van der Waals surface area (Å²) in [7, 11) is 0. The van der Waals surface area contributed by atoms with Gasteiger partial charge in [-0.25, -0.2) is 14.4 Å². The Balaban J connectivity index is 1.41. The Kier molecular flexibility index (Phi) is 7.25. The lowest BCUT2D eigenvalue weighted by atomic mass is 9.80. The topological polar surface area (TPSA) is 106 Å². The van der Waals surface area contributed by atoms with Gasteiger partial charge in [-0.05, 0) is 30.7 Å². The van der Waals surface area contributed by atoms with Crippen LogP contribution in [0.25, 0.3) is 0 Å². The molecular weight excluding hydrogens is 482 g/mol. The van der Waals surface area contributed by atoms with E-state index in [4.69, 9.17) is 4.74 Å². The number of Topliss-reactive ketones (excluding diaryl/α,β-unsaturated/α-hetero) is 1. The fraction of sp³-hybridized carbons (Fsp3) is 0.292. The first-order chi connectivity index (χ1) is 17.2. The first-order valence-electron chi connectivity index (χ1n) is 10.9. The predicted octanol–water partition coefficient (Wildman–Crippen LogP) is 4.07. The average Bonchev–Trinajstić information content (AvgIpc) is 3.34.